The van der Waals surface area contributed by atoms with Crippen LogP contribution in [0, 0.1) is 0 Å². The monoisotopic (exact) mass is 295 g/mol. The second-order valence-corrected chi connectivity index (χ2v) is 5.55. The maximum atomic E-state index is 11.9. The molecule has 108 valence electrons. The first kappa shape index (κ1) is 14.5. The molecule has 0 radical (unpaired) electrons. The zero-order chi connectivity index (χ0) is 14.5. The molecule has 2 aromatic heterocycles. The summed E-state index contributed by atoms with van der Waals surface area (Å²) >= 11 is 1.49. The van der Waals surface area contributed by atoms with Gasteiger partial charge in [0, 0.05) is 31.6 Å². The Morgan fingerprint density at radius 3 is 2.90 bits per heavy atom. The van der Waals surface area contributed by atoms with Crippen LogP contribution < -0.4 is 5.32 Å². The number of thioether (sulfide) groups is 1. The lowest BCUT2D eigenvalue weighted by atomic mass is 10.3. The fourth-order valence-electron chi connectivity index (χ4n) is 1.49. The third kappa shape index (κ3) is 3.56. The van der Waals surface area contributed by atoms with E-state index in [0.717, 1.165) is 5.16 Å². The molecule has 9 heteroatoms. The average Bonchev–Trinajstić information content (AvgIpc) is 3.03. The van der Waals surface area contributed by atoms with Crippen molar-refractivity contribution in [2.75, 3.05) is 12.3 Å². The van der Waals surface area contributed by atoms with Crippen molar-refractivity contribution < 1.29 is 4.79 Å². The predicted octanol–water partition coefficient (Wildman–Crippen LogP) is 0.510. The molecule has 0 atom stereocenters. The molecule has 2 rings (SSSR count). The van der Waals surface area contributed by atoms with E-state index in [-0.39, 0.29) is 11.9 Å². The summed E-state index contributed by atoms with van der Waals surface area (Å²) in [6.07, 6.45) is 3.33. The highest BCUT2D eigenvalue weighted by Crippen LogP contribution is 2.11. The molecule has 2 heterocycles. The third-order valence-electron chi connectivity index (χ3n) is 2.59. The van der Waals surface area contributed by atoms with Crippen LogP contribution in [0.15, 0.2) is 17.6 Å². The lowest BCUT2D eigenvalue weighted by molar-refractivity contribution is 0.0956. The Labute approximate surface area is 120 Å². The first-order valence-electron chi connectivity index (χ1n) is 6.25. The first-order chi connectivity index (χ1) is 9.58. The van der Waals surface area contributed by atoms with E-state index in [1.807, 2.05) is 13.8 Å². The smallest absolute Gasteiger partial charge is 0.254 e. The van der Waals surface area contributed by atoms with Gasteiger partial charge in [0.25, 0.3) is 5.91 Å². The van der Waals surface area contributed by atoms with Crippen LogP contribution in [0.3, 0.4) is 0 Å². The fraction of sp³-hybridized carbons (Fsp3) is 0.545. The van der Waals surface area contributed by atoms with Crippen molar-refractivity contribution in [2.45, 2.75) is 25.0 Å². The molecule has 0 aliphatic carbocycles. The fourth-order valence-corrected chi connectivity index (χ4v) is 2.19. The topological polar surface area (TPSA) is 90.5 Å². The number of hydrogen-bond donors (Lipinski definition) is 1. The van der Waals surface area contributed by atoms with Gasteiger partial charge in [-0.15, -0.1) is 5.10 Å². The summed E-state index contributed by atoms with van der Waals surface area (Å²) in [5, 5.41) is 18.8. The van der Waals surface area contributed by atoms with Crippen molar-refractivity contribution >= 4 is 17.7 Å². The van der Waals surface area contributed by atoms with Crippen LogP contribution in [0.1, 0.15) is 30.2 Å². The molecule has 1 amide bonds. The van der Waals surface area contributed by atoms with Crippen molar-refractivity contribution in [3.05, 3.63) is 18.0 Å². The van der Waals surface area contributed by atoms with Gasteiger partial charge in [0.2, 0.25) is 5.16 Å². The summed E-state index contributed by atoms with van der Waals surface area (Å²) in [6, 6.07) is 0.246. The highest BCUT2D eigenvalue weighted by molar-refractivity contribution is 7.99. The van der Waals surface area contributed by atoms with Crippen LogP contribution in [0.4, 0.5) is 0 Å². The van der Waals surface area contributed by atoms with E-state index >= 15 is 0 Å². The first-order valence-corrected chi connectivity index (χ1v) is 7.24. The molecule has 0 saturated carbocycles. The third-order valence-corrected chi connectivity index (χ3v) is 3.61. The Kier molecular flexibility index (Phi) is 4.72. The predicted molar refractivity (Wildman–Crippen MR) is 74.5 cm³/mol. The summed E-state index contributed by atoms with van der Waals surface area (Å²) in [6.45, 7) is 4.57. The normalized spacial score (nSPS) is 11.0. The lowest BCUT2D eigenvalue weighted by Gasteiger charge is -2.04. The van der Waals surface area contributed by atoms with E-state index in [0.29, 0.717) is 17.9 Å². The van der Waals surface area contributed by atoms with Crippen molar-refractivity contribution in [1.82, 2.24) is 35.3 Å². The molecule has 8 nitrogen and oxygen atoms in total. The maximum Gasteiger partial charge on any atom is 0.254 e. The molecule has 0 bridgehead atoms. The zero-order valence-corrected chi connectivity index (χ0v) is 12.5. The zero-order valence-electron chi connectivity index (χ0n) is 11.6. The number of carbonyl (C=O) groups excluding carboxylic acids is 1. The number of carbonyl (C=O) groups is 1. The van der Waals surface area contributed by atoms with Gasteiger partial charge in [-0.2, -0.15) is 5.10 Å². The van der Waals surface area contributed by atoms with Crippen LogP contribution in [0.5, 0.6) is 0 Å². The molecule has 2 aromatic rings. The van der Waals surface area contributed by atoms with Gasteiger partial charge in [-0.05, 0) is 24.3 Å². The Bertz CT molecular complexity index is 577. The van der Waals surface area contributed by atoms with Crippen LogP contribution in [0.2, 0.25) is 0 Å². The molecule has 0 aliphatic rings. The number of hydrogen-bond acceptors (Lipinski definition) is 6. The van der Waals surface area contributed by atoms with Gasteiger partial charge >= 0.3 is 0 Å². The number of amides is 1. The molecule has 0 aromatic carbocycles. The van der Waals surface area contributed by atoms with Gasteiger partial charge in [-0.3, -0.25) is 9.48 Å². The lowest BCUT2D eigenvalue weighted by Crippen LogP contribution is -2.25. The number of nitrogens with zero attached hydrogens (tertiary/aromatic N) is 6. The highest BCUT2D eigenvalue weighted by atomic mass is 32.2. The second-order valence-electron chi connectivity index (χ2n) is 4.49. The second kappa shape index (κ2) is 6.51. The summed E-state index contributed by atoms with van der Waals surface area (Å²) in [5.74, 6) is 0.590. The van der Waals surface area contributed by atoms with E-state index in [4.69, 9.17) is 0 Å². The van der Waals surface area contributed by atoms with Gasteiger partial charge in [0.1, 0.15) is 0 Å². The molecule has 1 N–H and O–H groups in total. The van der Waals surface area contributed by atoms with Crippen molar-refractivity contribution in [1.29, 1.82) is 0 Å². The molecule has 0 spiro atoms. The van der Waals surface area contributed by atoms with E-state index in [9.17, 15) is 4.79 Å². The standard InChI is InChI=1S/C11H17N7OS/c1-8(2)18-7-9(6-13-18)10(19)12-4-5-20-11-14-15-16-17(11)3/h6-8H,4-5H2,1-3H3,(H,12,19). The Morgan fingerprint density at radius 2 is 2.30 bits per heavy atom. The molecule has 20 heavy (non-hydrogen) atoms. The molecular formula is C11H17N7OS. The quantitative estimate of drug-likeness (QED) is 0.617. The van der Waals surface area contributed by atoms with Gasteiger partial charge in [-0.1, -0.05) is 11.8 Å². The molecule has 0 fully saturated rings. The SMILES string of the molecule is CC(C)n1cc(C(=O)NCCSc2nnnn2C)cn1. The number of tetrazole rings is 1. The van der Waals surface area contributed by atoms with Gasteiger partial charge < -0.3 is 5.32 Å². The van der Waals surface area contributed by atoms with Crippen LogP contribution >= 0.6 is 11.8 Å². The summed E-state index contributed by atoms with van der Waals surface area (Å²) in [5.41, 5.74) is 0.573. The highest BCUT2D eigenvalue weighted by Gasteiger charge is 2.09. The van der Waals surface area contributed by atoms with Crippen molar-refractivity contribution in [2.24, 2.45) is 7.05 Å². The van der Waals surface area contributed by atoms with Crippen LogP contribution in [-0.4, -0.2) is 48.2 Å². The largest absolute Gasteiger partial charge is 0.351 e. The van der Waals surface area contributed by atoms with Gasteiger partial charge in [0.05, 0.1) is 11.8 Å². The van der Waals surface area contributed by atoms with Gasteiger partial charge in [0.15, 0.2) is 0 Å². The van der Waals surface area contributed by atoms with Crippen LogP contribution in [-0.2, 0) is 7.05 Å². The Morgan fingerprint density at radius 1 is 1.50 bits per heavy atom. The molecule has 0 aliphatic heterocycles. The summed E-state index contributed by atoms with van der Waals surface area (Å²) in [7, 11) is 1.78. The number of aromatic nitrogens is 6. The minimum atomic E-state index is -0.117. The minimum absolute atomic E-state index is 0.117. The number of nitrogens with one attached hydrogen (secondary N) is 1. The number of aryl methyl sites for hydroxylation is 1. The van der Waals surface area contributed by atoms with E-state index in [1.165, 1.54) is 11.8 Å². The van der Waals surface area contributed by atoms with Crippen molar-refractivity contribution in [3.63, 3.8) is 0 Å². The average molecular weight is 295 g/mol. The summed E-state index contributed by atoms with van der Waals surface area (Å²) < 4.78 is 3.36. The van der Waals surface area contributed by atoms with Gasteiger partial charge in [-0.25, -0.2) is 4.68 Å². The minimum Gasteiger partial charge on any atom is -0.351 e. The molecular weight excluding hydrogens is 278 g/mol. The number of rotatable bonds is 6. The Balaban J connectivity index is 1.76. The Hall–Kier alpha value is -1.90. The van der Waals surface area contributed by atoms with Crippen LogP contribution in [0.25, 0.3) is 0 Å². The molecule has 0 saturated heterocycles. The van der Waals surface area contributed by atoms with E-state index < -0.39 is 0 Å². The van der Waals surface area contributed by atoms with Crippen molar-refractivity contribution in [3.8, 4) is 0 Å². The maximum absolute atomic E-state index is 11.9. The molecule has 0 unspecified atom stereocenters. The van der Waals surface area contributed by atoms with E-state index in [2.05, 4.69) is 25.9 Å². The van der Waals surface area contributed by atoms with E-state index in [1.54, 1.807) is 28.8 Å². The summed E-state index contributed by atoms with van der Waals surface area (Å²) in [4.78, 5) is 11.9.